The highest BCUT2D eigenvalue weighted by molar-refractivity contribution is 14.0. The van der Waals surface area contributed by atoms with Gasteiger partial charge in [-0.1, -0.05) is 32.4 Å². The van der Waals surface area contributed by atoms with Gasteiger partial charge in [0, 0.05) is 48.2 Å². The van der Waals surface area contributed by atoms with E-state index in [0.717, 1.165) is 29.9 Å². The van der Waals surface area contributed by atoms with Crippen LogP contribution in [-0.4, -0.2) is 44.9 Å². The van der Waals surface area contributed by atoms with Gasteiger partial charge in [-0.3, -0.25) is 4.99 Å². The van der Waals surface area contributed by atoms with Gasteiger partial charge in [-0.25, -0.2) is 4.98 Å². The Morgan fingerprint density at radius 3 is 2.56 bits per heavy atom. The molecule has 0 unspecified atom stereocenters. The third-order valence-corrected chi connectivity index (χ3v) is 5.94. The van der Waals surface area contributed by atoms with Crippen LogP contribution in [0.4, 0.5) is 0 Å². The molecule has 3 rings (SSSR count). The van der Waals surface area contributed by atoms with Crippen LogP contribution >= 0.6 is 35.6 Å². The van der Waals surface area contributed by atoms with Crippen LogP contribution in [0.25, 0.3) is 0 Å². The first-order valence-corrected chi connectivity index (χ1v) is 11.0. The highest BCUT2D eigenvalue weighted by Gasteiger charge is 2.37. The van der Waals surface area contributed by atoms with Crippen LogP contribution in [0.1, 0.15) is 50.8 Å². The van der Waals surface area contributed by atoms with Crippen molar-refractivity contribution >= 4 is 41.5 Å². The monoisotopic (exact) mass is 576 g/mol. The molecule has 1 aliphatic rings. The van der Waals surface area contributed by atoms with Crippen molar-refractivity contribution in [3.63, 3.8) is 0 Å². The third kappa shape index (κ3) is 6.51. The van der Waals surface area contributed by atoms with E-state index in [1.165, 1.54) is 0 Å². The number of hydrogen-bond acceptors (Lipinski definition) is 5. The molecule has 2 heterocycles. The maximum Gasteiger partial charge on any atom is 0.213 e. The number of oxazole rings is 1. The molecule has 0 radical (unpaired) electrons. The van der Waals surface area contributed by atoms with Gasteiger partial charge in [0.15, 0.2) is 5.96 Å². The van der Waals surface area contributed by atoms with Crippen molar-refractivity contribution in [3.05, 3.63) is 46.6 Å². The molecule has 0 atom stereocenters. The maximum absolute atomic E-state index is 6.34. The van der Waals surface area contributed by atoms with E-state index in [1.54, 1.807) is 20.4 Å². The van der Waals surface area contributed by atoms with Crippen molar-refractivity contribution < 1.29 is 13.9 Å². The van der Waals surface area contributed by atoms with Crippen LogP contribution in [0.15, 0.2) is 33.8 Å². The van der Waals surface area contributed by atoms with E-state index in [9.17, 15) is 0 Å². The molecule has 1 aromatic carbocycles. The van der Waals surface area contributed by atoms with Gasteiger partial charge in [0.05, 0.1) is 19.9 Å². The van der Waals surface area contributed by atoms with E-state index in [0.29, 0.717) is 43.2 Å². The summed E-state index contributed by atoms with van der Waals surface area (Å²) >= 11 is 6.34. The molecule has 178 valence electrons. The number of benzene rings is 1. The molecular formula is C23H34ClIN4O3. The molecule has 0 amide bonds. The number of halogens is 2. The molecule has 1 aromatic heterocycles. The highest BCUT2D eigenvalue weighted by Crippen LogP contribution is 2.40. The Hall–Kier alpha value is -1.52. The molecule has 0 saturated carbocycles. The van der Waals surface area contributed by atoms with E-state index >= 15 is 0 Å². The van der Waals surface area contributed by atoms with Crippen molar-refractivity contribution in [2.45, 2.75) is 51.0 Å². The van der Waals surface area contributed by atoms with Gasteiger partial charge >= 0.3 is 0 Å². The number of nitrogens with one attached hydrogen (secondary N) is 2. The summed E-state index contributed by atoms with van der Waals surface area (Å²) in [6, 6.07) is 5.79. The zero-order valence-corrected chi connectivity index (χ0v) is 22.5. The lowest BCUT2D eigenvalue weighted by molar-refractivity contribution is 0.0505. The summed E-state index contributed by atoms with van der Waals surface area (Å²) in [5.74, 6) is 3.01. The largest absolute Gasteiger partial charge is 0.496 e. The van der Waals surface area contributed by atoms with Gasteiger partial charge in [0.1, 0.15) is 11.5 Å². The minimum absolute atomic E-state index is 0. The Kier molecular flexibility index (Phi) is 9.66. The molecule has 2 aromatic rings. The Morgan fingerprint density at radius 2 is 1.97 bits per heavy atom. The zero-order valence-electron chi connectivity index (χ0n) is 19.5. The Labute approximate surface area is 212 Å². The van der Waals surface area contributed by atoms with Gasteiger partial charge < -0.3 is 24.5 Å². The average molecular weight is 577 g/mol. The van der Waals surface area contributed by atoms with Gasteiger partial charge in [0.2, 0.25) is 5.89 Å². The summed E-state index contributed by atoms with van der Waals surface area (Å²) in [6.45, 7) is 8.80. The summed E-state index contributed by atoms with van der Waals surface area (Å²) in [7, 11) is 3.44. The highest BCUT2D eigenvalue weighted by atomic mass is 127. The Morgan fingerprint density at radius 1 is 1.25 bits per heavy atom. The molecule has 32 heavy (non-hydrogen) atoms. The Bertz CT molecular complexity index is 905. The van der Waals surface area contributed by atoms with E-state index in [2.05, 4.69) is 41.4 Å². The first-order valence-electron chi connectivity index (χ1n) is 10.6. The fourth-order valence-corrected chi connectivity index (χ4v) is 3.94. The Balaban J connectivity index is 0.00000363. The maximum atomic E-state index is 6.34. The smallest absolute Gasteiger partial charge is 0.213 e. The molecular weight excluding hydrogens is 543 g/mol. The number of guanidine groups is 1. The number of ether oxygens (including phenoxy) is 2. The van der Waals surface area contributed by atoms with Gasteiger partial charge in [-0.15, -0.1) is 24.0 Å². The normalized spacial score (nSPS) is 16.2. The molecule has 0 spiro atoms. The molecule has 9 heteroatoms. The second-order valence-corrected chi connectivity index (χ2v) is 9.32. The van der Waals surface area contributed by atoms with E-state index in [-0.39, 0.29) is 34.8 Å². The van der Waals surface area contributed by atoms with Crippen molar-refractivity contribution in [3.8, 4) is 5.75 Å². The lowest BCUT2D eigenvalue weighted by Gasteiger charge is -2.39. The lowest BCUT2D eigenvalue weighted by atomic mass is 9.73. The van der Waals surface area contributed by atoms with Crippen LogP contribution in [0.3, 0.4) is 0 Å². The molecule has 1 saturated heterocycles. The van der Waals surface area contributed by atoms with Crippen LogP contribution in [0.5, 0.6) is 5.75 Å². The van der Waals surface area contributed by atoms with Gasteiger partial charge in [0.25, 0.3) is 0 Å². The van der Waals surface area contributed by atoms with Crippen LogP contribution in [0.2, 0.25) is 5.02 Å². The zero-order chi connectivity index (χ0) is 22.5. The summed E-state index contributed by atoms with van der Waals surface area (Å²) in [4.78, 5) is 8.74. The molecule has 0 bridgehead atoms. The first kappa shape index (κ1) is 26.7. The predicted octanol–water partition coefficient (Wildman–Crippen LogP) is 4.67. The number of nitrogens with zero attached hydrogens (tertiary/aromatic N) is 2. The van der Waals surface area contributed by atoms with Gasteiger partial charge in [-0.2, -0.15) is 0 Å². The lowest BCUT2D eigenvalue weighted by Crippen LogP contribution is -2.48. The van der Waals surface area contributed by atoms with Crippen molar-refractivity contribution in [2.24, 2.45) is 4.99 Å². The summed E-state index contributed by atoms with van der Waals surface area (Å²) in [6.07, 6.45) is 3.51. The van der Waals surface area contributed by atoms with Crippen molar-refractivity contribution in [1.82, 2.24) is 15.6 Å². The second-order valence-electron chi connectivity index (χ2n) is 8.88. The van der Waals surface area contributed by atoms with E-state index in [4.69, 9.17) is 25.5 Å². The van der Waals surface area contributed by atoms with Gasteiger partial charge in [-0.05, 0) is 31.0 Å². The average Bonchev–Trinajstić information content (AvgIpc) is 3.24. The molecule has 2 N–H and O–H groups in total. The predicted molar refractivity (Wildman–Crippen MR) is 139 cm³/mol. The summed E-state index contributed by atoms with van der Waals surface area (Å²) < 4.78 is 17.2. The quantitative estimate of drug-likeness (QED) is 0.296. The SMILES string of the molecule is CN=C(NCc1ncc(C(C)(C)C)o1)NCC1(c2cc(Cl)ccc2OC)CCOCC1.I. The molecule has 1 fully saturated rings. The topological polar surface area (TPSA) is 80.9 Å². The molecule has 0 aliphatic carbocycles. The number of hydrogen-bond donors (Lipinski definition) is 2. The fraction of sp³-hybridized carbons (Fsp3) is 0.565. The minimum Gasteiger partial charge on any atom is -0.496 e. The molecule has 1 aliphatic heterocycles. The van der Waals surface area contributed by atoms with E-state index in [1.807, 2.05) is 18.2 Å². The standard InChI is InChI=1S/C23H33ClN4O3.HI/c1-22(2,3)19-13-26-20(31-19)14-27-21(25-4)28-15-23(8-10-30-11-9-23)17-12-16(24)6-7-18(17)29-5;/h6-7,12-13H,8-11,14-15H2,1-5H3,(H2,25,27,28);1H. The number of methoxy groups -OCH3 is 1. The first-order chi connectivity index (χ1) is 14.8. The van der Waals surface area contributed by atoms with Crippen molar-refractivity contribution in [1.29, 1.82) is 0 Å². The number of aliphatic imine (C=N–C) groups is 1. The van der Waals surface area contributed by atoms with Crippen molar-refractivity contribution in [2.75, 3.05) is 33.9 Å². The number of rotatable bonds is 6. The van der Waals surface area contributed by atoms with E-state index < -0.39 is 0 Å². The van der Waals surface area contributed by atoms with Crippen LogP contribution in [0, 0.1) is 0 Å². The van der Waals surface area contributed by atoms with Crippen LogP contribution in [-0.2, 0) is 22.1 Å². The summed E-state index contributed by atoms with van der Waals surface area (Å²) in [5.41, 5.74) is 0.849. The third-order valence-electron chi connectivity index (χ3n) is 5.70. The van der Waals surface area contributed by atoms with Crippen LogP contribution < -0.4 is 15.4 Å². The number of aromatic nitrogens is 1. The second kappa shape index (κ2) is 11.6. The fourth-order valence-electron chi connectivity index (χ4n) is 3.77. The molecule has 7 nitrogen and oxygen atoms in total. The summed E-state index contributed by atoms with van der Waals surface area (Å²) in [5, 5.41) is 7.46. The minimum atomic E-state index is -0.172.